The average Bonchev–Trinajstić information content (AvgIpc) is 3.31. The number of hydrogen-bond acceptors (Lipinski definition) is 4. The van der Waals surface area contributed by atoms with Gasteiger partial charge in [-0.1, -0.05) is 24.9 Å². The first-order valence-electron chi connectivity index (χ1n) is 8.80. The number of carbonyl (C=O) groups excluding carboxylic acids is 2. The molecule has 3 rings (SSSR count). The van der Waals surface area contributed by atoms with E-state index in [4.69, 9.17) is 0 Å². The van der Waals surface area contributed by atoms with Gasteiger partial charge in [-0.05, 0) is 18.4 Å². The smallest absolute Gasteiger partial charge is 0.242 e. The number of amides is 2. The van der Waals surface area contributed by atoms with E-state index in [0.717, 1.165) is 22.4 Å². The van der Waals surface area contributed by atoms with Gasteiger partial charge >= 0.3 is 0 Å². The molecule has 1 aliphatic rings. The van der Waals surface area contributed by atoms with E-state index in [-0.39, 0.29) is 262 Å². The normalized spacial score (nSPS) is 13.6. The molecular formula is C20H22K3N3O2SVY2-3. The summed E-state index contributed by atoms with van der Waals surface area (Å²) in [6, 6.07) is 8.62. The zero-order valence-corrected chi connectivity index (χ0v) is 36.9. The van der Waals surface area contributed by atoms with Gasteiger partial charge in [-0.3, -0.25) is 4.79 Å². The molecule has 1 unspecified atom stereocenters. The maximum absolute atomic E-state index is 12.5. The van der Waals surface area contributed by atoms with E-state index in [1.165, 1.54) is 11.3 Å². The van der Waals surface area contributed by atoms with Gasteiger partial charge in [0.1, 0.15) is 6.04 Å². The first kappa shape index (κ1) is 44.4. The van der Waals surface area contributed by atoms with Crippen LogP contribution in [0.2, 0.25) is 0 Å². The number of thiazole rings is 1. The van der Waals surface area contributed by atoms with Crippen molar-refractivity contribution in [3.8, 4) is 10.4 Å². The third-order valence-corrected chi connectivity index (χ3v) is 5.07. The SMILES string of the molecule is CC(C)[CH-]C(=O)N1CCCC1C(=O)NCc1[c-]cc(-c2[c-]ncs2)cc1.[K].[K].[K].[V].[Y].[Y]. The Bertz CT molecular complexity index is 772. The molecule has 1 fully saturated rings. The van der Waals surface area contributed by atoms with Crippen LogP contribution in [0.15, 0.2) is 23.7 Å². The molecule has 6 radical (unpaired) electrons. The largest absolute Gasteiger partial charge is 0.381 e. The molecule has 12 heteroatoms. The van der Waals surface area contributed by atoms with Crippen LogP contribution in [0.3, 0.4) is 0 Å². The minimum Gasteiger partial charge on any atom is -0.381 e. The van der Waals surface area contributed by atoms with Gasteiger partial charge in [0.15, 0.2) is 0 Å². The van der Waals surface area contributed by atoms with E-state index in [1.807, 2.05) is 32.0 Å². The Morgan fingerprint density at radius 1 is 1.28 bits per heavy atom. The van der Waals surface area contributed by atoms with Crippen LogP contribution in [0, 0.1) is 24.6 Å². The molecule has 1 aromatic carbocycles. The molecule has 152 valence electrons. The fourth-order valence-electron chi connectivity index (χ4n) is 3.02. The monoisotopic (exact) mass is 714 g/mol. The zero-order chi connectivity index (χ0) is 18.5. The minimum atomic E-state index is -0.372. The van der Waals surface area contributed by atoms with Crippen LogP contribution in [0.1, 0.15) is 32.3 Å². The quantitative estimate of drug-likeness (QED) is 0.367. The van der Waals surface area contributed by atoms with Gasteiger partial charge in [0.25, 0.3) is 0 Å². The molecule has 0 spiro atoms. The van der Waals surface area contributed by atoms with Crippen molar-refractivity contribution in [2.24, 2.45) is 5.92 Å². The van der Waals surface area contributed by atoms with Crippen LogP contribution in [0.5, 0.6) is 0 Å². The number of benzene rings is 1. The predicted molar refractivity (Wildman–Crippen MR) is 118 cm³/mol. The summed E-state index contributed by atoms with van der Waals surface area (Å²) >= 11 is 1.53. The van der Waals surface area contributed by atoms with Gasteiger partial charge in [-0.15, -0.1) is 11.1 Å². The Balaban J connectivity index is -0.000000653. The van der Waals surface area contributed by atoms with E-state index in [9.17, 15) is 9.59 Å². The molecule has 0 saturated carbocycles. The van der Waals surface area contributed by atoms with Crippen LogP contribution in [0.4, 0.5) is 0 Å². The topological polar surface area (TPSA) is 62.3 Å². The summed E-state index contributed by atoms with van der Waals surface area (Å²) in [7, 11) is 0. The van der Waals surface area contributed by atoms with Crippen molar-refractivity contribution in [2.45, 2.75) is 39.3 Å². The summed E-state index contributed by atoms with van der Waals surface area (Å²) in [6.07, 6.45) is 6.18. The molecule has 0 bridgehead atoms. The van der Waals surface area contributed by atoms with Gasteiger partial charge in [0, 0.05) is 251 Å². The van der Waals surface area contributed by atoms with Crippen LogP contribution in [0.25, 0.3) is 10.4 Å². The van der Waals surface area contributed by atoms with Crippen molar-refractivity contribution in [1.29, 1.82) is 0 Å². The Morgan fingerprint density at radius 3 is 2.50 bits per heavy atom. The molecule has 2 heterocycles. The van der Waals surface area contributed by atoms with Gasteiger partial charge in [0.2, 0.25) is 5.91 Å². The second kappa shape index (κ2) is 24.2. The minimum absolute atomic E-state index is 0. The number of carbonyl (C=O) groups is 2. The molecule has 0 aliphatic carbocycles. The molecule has 2 aromatic rings. The molecule has 1 atom stereocenters. The van der Waals surface area contributed by atoms with Gasteiger partial charge in [0.05, 0.1) is 5.91 Å². The van der Waals surface area contributed by atoms with E-state index < -0.39 is 0 Å². The van der Waals surface area contributed by atoms with E-state index in [0.29, 0.717) is 19.5 Å². The van der Waals surface area contributed by atoms with Crippen LogP contribution < -0.4 is 5.32 Å². The van der Waals surface area contributed by atoms with Gasteiger partial charge in [-0.25, -0.2) is 11.3 Å². The molecule has 5 nitrogen and oxygen atoms in total. The van der Waals surface area contributed by atoms with Crippen molar-refractivity contribution in [2.75, 3.05) is 6.54 Å². The average molecular weight is 715 g/mol. The third kappa shape index (κ3) is 14.7. The van der Waals surface area contributed by atoms with Crippen molar-refractivity contribution in [3.63, 3.8) is 0 Å². The Morgan fingerprint density at radius 2 is 1.97 bits per heavy atom. The second-order valence-corrected chi connectivity index (χ2v) is 7.57. The summed E-state index contributed by atoms with van der Waals surface area (Å²) in [6.45, 7) is 4.98. The first-order chi connectivity index (χ1) is 12.5. The first-order valence-corrected chi connectivity index (χ1v) is 9.68. The summed E-state index contributed by atoms with van der Waals surface area (Å²) in [5.41, 5.74) is 3.66. The maximum atomic E-state index is 12.5. The number of hydrogen-bond donors (Lipinski definition) is 1. The number of nitrogens with zero attached hydrogens (tertiary/aromatic N) is 2. The van der Waals surface area contributed by atoms with Gasteiger partial charge in [-0.2, -0.15) is 30.2 Å². The summed E-state index contributed by atoms with van der Waals surface area (Å²) in [4.78, 5) is 31.4. The van der Waals surface area contributed by atoms with Gasteiger partial charge < -0.3 is 26.4 Å². The number of aromatic nitrogens is 1. The summed E-state index contributed by atoms with van der Waals surface area (Å²) < 4.78 is 0. The van der Waals surface area contributed by atoms with E-state index in [2.05, 4.69) is 22.6 Å². The summed E-state index contributed by atoms with van der Waals surface area (Å²) in [5.74, 6) is 0.0337. The van der Waals surface area contributed by atoms with Crippen molar-refractivity contribution < 1.29 is 93.6 Å². The van der Waals surface area contributed by atoms with E-state index >= 15 is 0 Å². The second-order valence-electron chi connectivity index (χ2n) is 6.71. The van der Waals surface area contributed by atoms with Crippen molar-refractivity contribution >= 4 is 177 Å². The molecule has 2 amide bonds. The number of nitrogens with one attached hydrogen (secondary N) is 1. The molecular weight excluding hydrogens is 692 g/mol. The Kier molecular flexibility index (Phi) is 33.5. The molecule has 1 aliphatic heterocycles. The van der Waals surface area contributed by atoms with Crippen molar-refractivity contribution in [3.05, 3.63) is 48.0 Å². The molecule has 1 aromatic heterocycles. The molecule has 1 saturated heterocycles. The van der Waals surface area contributed by atoms with E-state index in [1.54, 1.807) is 16.8 Å². The Labute approximate surface area is 386 Å². The Hall–Kier alpha value is 5.36. The predicted octanol–water partition coefficient (Wildman–Crippen LogP) is 1.73. The van der Waals surface area contributed by atoms with Crippen LogP contribution in [-0.4, -0.2) is 188 Å². The zero-order valence-electron chi connectivity index (χ0n) is 19.6. The summed E-state index contributed by atoms with van der Waals surface area (Å²) in [5, 5.41) is 2.94. The fourth-order valence-corrected chi connectivity index (χ4v) is 3.59. The number of rotatable bonds is 6. The van der Waals surface area contributed by atoms with Crippen LogP contribution in [-0.2, 0) is 100 Å². The fraction of sp³-hybridized carbons (Fsp3) is 0.400. The molecule has 32 heavy (non-hydrogen) atoms. The van der Waals surface area contributed by atoms with Crippen molar-refractivity contribution in [1.82, 2.24) is 15.2 Å². The molecule has 1 N–H and O–H groups in total. The number of likely N-dealkylation sites (tertiary alicyclic amines) is 1. The van der Waals surface area contributed by atoms with Crippen LogP contribution >= 0.6 is 11.3 Å². The third-order valence-electron chi connectivity index (χ3n) is 4.30. The maximum Gasteiger partial charge on any atom is 0.242 e. The standard InChI is InChI=1S/C20H22N3O2S.3K.V.2Y/c1-14(2)10-19(24)23-9-3-4-17(23)20(25)22-11-15-5-7-16(8-6-15)18-12-21-13-26-18;;;;;;/h5,7-8,10,13-14,17H,3-4,9,11H2,1-2H3,(H,22,25);;;;;;/q-3;;;;;;.